The molecule has 1 heterocycles. The van der Waals surface area contributed by atoms with Crippen molar-refractivity contribution in [2.24, 2.45) is 0 Å². The lowest BCUT2D eigenvalue weighted by Crippen LogP contribution is -2.26. The minimum atomic E-state index is -0.339. The van der Waals surface area contributed by atoms with Crippen LogP contribution in [0.3, 0.4) is 0 Å². The second kappa shape index (κ2) is 4.63. The topological polar surface area (TPSA) is 49.5 Å². The molecule has 4 nitrogen and oxygen atoms in total. The molecule has 0 saturated heterocycles. The molecule has 1 aromatic carbocycles. The van der Waals surface area contributed by atoms with Gasteiger partial charge in [-0.15, -0.1) is 0 Å². The van der Waals surface area contributed by atoms with Gasteiger partial charge in [0.05, 0.1) is 12.6 Å². The second-order valence-corrected chi connectivity index (χ2v) is 4.12. The largest absolute Gasteiger partial charge is 0.439 e. The maximum atomic E-state index is 9.25. The molecule has 0 spiro atoms. The number of rotatable bonds is 4. The third-order valence-electron chi connectivity index (χ3n) is 2.32. The first kappa shape index (κ1) is 11.1. The third-order valence-corrected chi connectivity index (χ3v) is 2.32. The summed E-state index contributed by atoms with van der Waals surface area (Å²) in [5, 5.41) is 9.25. The van der Waals surface area contributed by atoms with E-state index in [0.717, 1.165) is 11.1 Å². The number of hydrogen-bond donors (Lipinski definition) is 1. The first-order valence-electron chi connectivity index (χ1n) is 5.36. The quantitative estimate of drug-likeness (QED) is 0.851. The number of likely N-dealkylation sites (N-methyl/N-ethyl adjacent to an activating group) is 1. The molecule has 0 aliphatic carbocycles. The van der Waals surface area contributed by atoms with Crippen molar-refractivity contribution in [1.82, 2.24) is 9.88 Å². The Hall–Kier alpha value is -1.39. The maximum absolute atomic E-state index is 9.25. The van der Waals surface area contributed by atoms with E-state index in [9.17, 15) is 5.11 Å². The summed E-state index contributed by atoms with van der Waals surface area (Å²) in [6.07, 6.45) is -0.339. The van der Waals surface area contributed by atoms with Crippen LogP contribution in [0.1, 0.15) is 12.8 Å². The van der Waals surface area contributed by atoms with Gasteiger partial charge in [-0.05, 0) is 26.1 Å². The zero-order valence-electron chi connectivity index (χ0n) is 9.55. The summed E-state index contributed by atoms with van der Waals surface area (Å²) in [6.45, 7) is 2.99. The van der Waals surface area contributed by atoms with Crippen LogP contribution in [0.4, 0.5) is 0 Å². The van der Waals surface area contributed by atoms with Crippen molar-refractivity contribution < 1.29 is 9.52 Å². The van der Waals surface area contributed by atoms with Gasteiger partial charge in [0, 0.05) is 6.54 Å². The predicted octanol–water partition coefficient (Wildman–Crippen LogP) is 1.64. The molecular weight excluding hydrogens is 204 g/mol. The summed E-state index contributed by atoms with van der Waals surface area (Å²) in [6, 6.07) is 7.70. The van der Waals surface area contributed by atoms with Crippen LogP contribution in [0, 0.1) is 0 Å². The Labute approximate surface area is 94.5 Å². The third kappa shape index (κ3) is 2.59. The molecule has 0 saturated carbocycles. The predicted molar refractivity (Wildman–Crippen MR) is 62.0 cm³/mol. The normalized spacial score (nSPS) is 13.5. The monoisotopic (exact) mass is 220 g/mol. The van der Waals surface area contributed by atoms with Crippen molar-refractivity contribution >= 4 is 11.1 Å². The SMILES string of the molecule is CC(O)CN(C)Cc1nc2ccccc2o1. The van der Waals surface area contributed by atoms with Crippen LogP contribution in [-0.2, 0) is 6.54 Å². The van der Waals surface area contributed by atoms with E-state index >= 15 is 0 Å². The van der Waals surface area contributed by atoms with E-state index in [1.807, 2.05) is 36.2 Å². The molecule has 0 fully saturated rings. The van der Waals surface area contributed by atoms with Crippen LogP contribution in [0.25, 0.3) is 11.1 Å². The zero-order chi connectivity index (χ0) is 11.5. The lowest BCUT2D eigenvalue weighted by molar-refractivity contribution is 0.133. The summed E-state index contributed by atoms with van der Waals surface area (Å²) >= 11 is 0. The molecule has 2 rings (SSSR count). The minimum absolute atomic E-state index is 0.339. The van der Waals surface area contributed by atoms with E-state index in [0.29, 0.717) is 19.0 Å². The molecular formula is C12H16N2O2. The van der Waals surface area contributed by atoms with Gasteiger partial charge in [0.25, 0.3) is 0 Å². The van der Waals surface area contributed by atoms with Crippen LogP contribution in [0.5, 0.6) is 0 Å². The van der Waals surface area contributed by atoms with Crippen molar-refractivity contribution in [3.8, 4) is 0 Å². The van der Waals surface area contributed by atoms with Gasteiger partial charge in [-0.25, -0.2) is 4.98 Å². The highest BCUT2D eigenvalue weighted by Crippen LogP contribution is 2.15. The van der Waals surface area contributed by atoms with Crippen molar-refractivity contribution in [3.63, 3.8) is 0 Å². The van der Waals surface area contributed by atoms with Crippen LogP contribution in [0.15, 0.2) is 28.7 Å². The van der Waals surface area contributed by atoms with E-state index in [1.54, 1.807) is 6.92 Å². The minimum Gasteiger partial charge on any atom is -0.439 e. The van der Waals surface area contributed by atoms with Gasteiger partial charge < -0.3 is 9.52 Å². The molecule has 1 atom stereocenters. The molecule has 0 aliphatic rings. The van der Waals surface area contributed by atoms with Gasteiger partial charge in [-0.3, -0.25) is 4.90 Å². The molecule has 0 aliphatic heterocycles. The van der Waals surface area contributed by atoms with Crippen molar-refractivity contribution in [2.45, 2.75) is 19.6 Å². The van der Waals surface area contributed by atoms with Gasteiger partial charge >= 0.3 is 0 Å². The van der Waals surface area contributed by atoms with Gasteiger partial charge in [0.2, 0.25) is 5.89 Å². The smallest absolute Gasteiger partial charge is 0.209 e. The molecule has 16 heavy (non-hydrogen) atoms. The Morgan fingerprint density at radius 3 is 2.88 bits per heavy atom. The van der Waals surface area contributed by atoms with Crippen molar-refractivity contribution in [2.75, 3.05) is 13.6 Å². The van der Waals surface area contributed by atoms with E-state index in [2.05, 4.69) is 4.98 Å². The van der Waals surface area contributed by atoms with Crippen LogP contribution in [0.2, 0.25) is 0 Å². The number of benzene rings is 1. The van der Waals surface area contributed by atoms with Crippen LogP contribution in [-0.4, -0.2) is 34.7 Å². The number of aliphatic hydroxyl groups excluding tert-OH is 1. The van der Waals surface area contributed by atoms with E-state index < -0.39 is 0 Å². The summed E-state index contributed by atoms with van der Waals surface area (Å²) in [4.78, 5) is 6.35. The van der Waals surface area contributed by atoms with Crippen molar-refractivity contribution in [1.29, 1.82) is 0 Å². The molecule has 0 radical (unpaired) electrons. The molecule has 0 bridgehead atoms. The summed E-state index contributed by atoms with van der Waals surface area (Å²) in [5.74, 6) is 0.685. The number of aliphatic hydroxyl groups is 1. The Bertz CT molecular complexity index is 432. The first-order valence-corrected chi connectivity index (χ1v) is 5.36. The fourth-order valence-electron chi connectivity index (χ4n) is 1.73. The number of hydrogen-bond acceptors (Lipinski definition) is 4. The Kier molecular flexibility index (Phi) is 3.22. The number of oxazole rings is 1. The van der Waals surface area contributed by atoms with Gasteiger partial charge in [-0.1, -0.05) is 12.1 Å². The Balaban J connectivity index is 2.09. The molecule has 1 aromatic heterocycles. The average molecular weight is 220 g/mol. The fourth-order valence-corrected chi connectivity index (χ4v) is 1.73. The van der Waals surface area contributed by atoms with E-state index in [1.165, 1.54) is 0 Å². The zero-order valence-corrected chi connectivity index (χ0v) is 9.55. The highest BCUT2D eigenvalue weighted by molar-refractivity contribution is 5.72. The average Bonchev–Trinajstić information content (AvgIpc) is 2.57. The number of nitrogens with zero attached hydrogens (tertiary/aromatic N) is 2. The molecule has 1 N–H and O–H groups in total. The highest BCUT2D eigenvalue weighted by atomic mass is 16.3. The highest BCUT2D eigenvalue weighted by Gasteiger charge is 2.09. The van der Waals surface area contributed by atoms with Gasteiger partial charge in [0.1, 0.15) is 5.52 Å². The van der Waals surface area contributed by atoms with Gasteiger partial charge in [-0.2, -0.15) is 0 Å². The van der Waals surface area contributed by atoms with E-state index in [-0.39, 0.29) is 6.10 Å². The molecule has 1 unspecified atom stereocenters. The number of fused-ring (bicyclic) bond motifs is 1. The summed E-state index contributed by atoms with van der Waals surface area (Å²) in [7, 11) is 1.93. The molecule has 86 valence electrons. The maximum Gasteiger partial charge on any atom is 0.209 e. The number of aromatic nitrogens is 1. The fraction of sp³-hybridized carbons (Fsp3) is 0.417. The summed E-state index contributed by atoms with van der Waals surface area (Å²) < 4.78 is 5.59. The Morgan fingerprint density at radius 2 is 2.19 bits per heavy atom. The summed E-state index contributed by atoms with van der Waals surface area (Å²) in [5.41, 5.74) is 1.69. The second-order valence-electron chi connectivity index (χ2n) is 4.12. The first-order chi connectivity index (χ1) is 7.65. The molecule has 0 amide bonds. The van der Waals surface area contributed by atoms with Crippen molar-refractivity contribution in [3.05, 3.63) is 30.2 Å². The van der Waals surface area contributed by atoms with Gasteiger partial charge in [0.15, 0.2) is 5.58 Å². The number of para-hydroxylation sites is 2. The molecule has 4 heteroatoms. The standard InChI is InChI=1S/C12H16N2O2/c1-9(15)7-14(2)8-12-13-10-5-3-4-6-11(10)16-12/h3-6,9,15H,7-8H2,1-2H3. The lowest BCUT2D eigenvalue weighted by atomic mass is 10.3. The van der Waals surface area contributed by atoms with Crippen LogP contribution >= 0.6 is 0 Å². The lowest BCUT2D eigenvalue weighted by Gasteiger charge is -2.15. The van der Waals surface area contributed by atoms with Crippen LogP contribution < -0.4 is 0 Å². The Morgan fingerprint density at radius 1 is 1.44 bits per heavy atom. The van der Waals surface area contributed by atoms with E-state index in [4.69, 9.17) is 4.42 Å². The molecule has 2 aromatic rings.